The zero-order chi connectivity index (χ0) is 17.0. The zero-order valence-electron chi connectivity index (χ0n) is 13.5. The molecule has 4 heterocycles. The molecule has 0 N–H and O–H groups in total. The summed E-state index contributed by atoms with van der Waals surface area (Å²) in [5, 5.41) is 5.98. The number of rotatable bonds is 3. The van der Waals surface area contributed by atoms with Crippen LogP contribution in [0.5, 0.6) is 0 Å². The van der Waals surface area contributed by atoms with E-state index in [1.807, 2.05) is 18.2 Å². The second-order valence-corrected chi connectivity index (χ2v) is 10.6. The Morgan fingerprint density at radius 3 is 2.80 bits per heavy atom. The number of hydrogen-bond acceptors (Lipinski definition) is 5. The van der Waals surface area contributed by atoms with E-state index in [-0.39, 0.29) is 11.2 Å². The maximum Gasteiger partial charge on any atom is 0.183 e. The van der Waals surface area contributed by atoms with Gasteiger partial charge in [0.2, 0.25) is 0 Å². The van der Waals surface area contributed by atoms with Crippen molar-refractivity contribution < 1.29 is 8.42 Å². The molecule has 3 nitrogen and oxygen atoms in total. The van der Waals surface area contributed by atoms with Gasteiger partial charge < -0.3 is 0 Å². The Kier molecular flexibility index (Phi) is 3.64. The van der Waals surface area contributed by atoms with Crippen LogP contribution in [0.3, 0.4) is 0 Å². The smallest absolute Gasteiger partial charge is 0.183 e. The molecule has 0 unspecified atom stereocenters. The highest BCUT2D eigenvalue weighted by molar-refractivity contribution is 7.92. The Morgan fingerprint density at radius 2 is 2.04 bits per heavy atom. The number of thiophene rings is 2. The Balaban J connectivity index is 1.51. The molecule has 1 fully saturated rings. The van der Waals surface area contributed by atoms with Crippen LogP contribution >= 0.6 is 22.7 Å². The van der Waals surface area contributed by atoms with Crippen LogP contribution in [-0.4, -0.2) is 31.7 Å². The van der Waals surface area contributed by atoms with Gasteiger partial charge in [0, 0.05) is 30.4 Å². The first kappa shape index (κ1) is 15.8. The van der Waals surface area contributed by atoms with Crippen LogP contribution in [-0.2, 0) is 16.4 Å². The predicted molar refractivity (Wildman–Crippen MR) is 103 cm³/mol. The third-order valence-corrected chi connectivity index (χ3v) is 9.16. The van der Waals surface area contributed by atoms with Crippen LogP contribution in [0.1, 0.15) is 17.0 Å². The zero-order valence-corrected chi connectivity index (χ0v) is 15.9. The van der Waals surface area contributed by atoms with E-state index >= 15 is 0 Å². The number of benzene rings is 1. The van der Waals surface area contributed by atoms with Gasteiger partial charge >= 0.3 is 0 Å². The Hall–Kier alpha value is -1.47. The van der Waals surface area contributed by atoms with Gasteiger partial charge in [-0.1, -0.05) is 12.1 Å². The topological polar surface area (TPSA) is 37.4 Å². The SMILES string of the molecule is O=S1(=O)c2ccc(-c3cccs3)cc2[C@H]2CN(Cc3ccsc3)C[C@H]21. The molecule has 0 radical (unpaired) electrons. The molecule has 0 amide bonds. The molecule has 2 aliphatic rings. The van der Waals surface area contributed by atoms with Crippen molar-refractivity contribution in [3.05, 3.63) is 63.7 Å². The largest absolute Gasteiger partial charge is 0.297 e. The first-order chi connectivity index (χ1) is 12.1. The summed E-state index contributed by atoms with van der Waals surface area (Å²) < 4.78 is 26.0. The Labute approximate surface area is 155 Å². The van der Waals surface area contributed by atoms with Crippen molar-refractivity contribution in [1.82, 2.24) is 4.90 Å². The van der Waals surface area contributed by atoms with Gasteiger partial charge in [0.05, 0.1) is 10.1 Å². The number of likely N-dealkylation sites (tertiary alicyclic amines) is 1. The normalized spacial score (nSPS) is 24.3. The molecule has 2 aromatic heterocycles. The van der Waals surface area contributed by atoms with E-state index in [1.54, 1.807) is 22.7 Å². The van der Waals surface area contributed by atoms with Crippen molar-refractivity contribution in [3.63, 3.8) is 0 Å². The fraction of sp³-hybridized carbons (Fsp3) is 0.263. The van der Waals surface area contributed by atoms with Gasteiger partial charge in [-0.25, -0.2) is 8.42 Å². The molecular formula is C19H17NO2S3. The maximum absolute atomic E-state index is 13.0. The van der Waals surface area contributed by atoms with E-state index in [1.165, 1.54) is 10.4 Å². The van der Waals surface area contributed by atoms with Crippen LogP contribution in [0.15, 0.2) is 57.4 Å². The first-order valence-corrected chi connectivity index (χ1v) is 11.6. The molecule has 2 atom stereocenters. The lowest BCUT2D eigenvalue weighted by atomic mass is 9.96. The molecule has 0 bridgehead atoms. The second-order valence-electron chi connectivity index (χ2n) is 6.75. The summed E-state index contributed by atoms with van der Waals surface area (Å²) in [6.45, 7) is 2.29. The summed E-state index contributed by atoms with van der Waals surface area (Å²) in [4.78, 5) is 4.03. The van der Waals surface area contributed by atoms with Crippen molar-refractivity contribution in [2.45, 2.75) is 22.6 Å². The molecule has 0 saturated carbocycles. The predicted octanol–water partition coefficient (Wildman–Crippen LogP) is 4.23. The monoisotopic (exact) mass is 387 g/mol. The second kappa shape index (κ2) is 5.77. The van der Waals surface area contributed by atoms with Gasteiger partial charge in [-0.3, -0.25) is 4.90 Å². The fourth-order valence-corrected chi connectivity index (χ4v) is 7.67. The van der Waals surface area contributed by atoms with Gasteiger partial charge in [-0.15, -0.1) is 11.3 Å². The van der Waals surface area contributed by atoms with Gasteiger partial charge in [0.25, 0.3) is 0 Å². The number of nitrogens with zero attached hydrogens (tertiary/aromatic N) is 1. The third kappa shape index (κ3) is 2.51. The van der Waals surface area contributed by atoms with E-state index in [9.17, 15) is 8.42 Å². The molecule has 3 aromatic rings. The lowest BCUT2D eigenvalue weighted by Gasteiger charge is -2.16. The number of hydrogen-bond donors (Lipinski definition) is 0. The van der Waals surface area contributed by atoms with E-state index in [4.69, 9.17) is 0 Å². The van der Waals surface area contributed by atoms with Crippen molar-refractivity contribution in [3.8, 4) is 10.4 Å². The van der Waals surface area contributed by atoms with E-state index in [0.29, 0.717) is 11.4 Å². The lowest BCUT2D eigenvalue weighted by molar-refractivity contribution is 0.326. The van der Waals surface area contributed by atoms with Crippen LogP contribution in [0.4, 0.5) is 0 Å². The summed E-state index contributed by atoms with van der Waals surface area (Å²) in [6.07, 6.45) is 0. The molecule has 0 spiro atoms. The molecule has 5 rings (SSSR count). The van der Waals surface area contributed by atoms with Crippen molar-refractivity contribution >= 4 is 32.5 Å². The summed E-state index contributed by atoms with van der Waals surface area (Å²) in [7, 11) is -3.22. The van der Waals surface area contributed by atoms with Crippen LogP contribution in [0.25, 0.3) is 10.4 Å². The van der Waals surface area contributed by atoms with Crippen molar-refractivity contribution in [2.24, 2.45) is 0 Å². The maximum atomic E-state index is 13.0. The Bertz CT molecular complexity index is 1010. The number of fused-ring (bicyclic) bond motifs is 3. The minimum Gasteiger partial charge on any atom is -0.297 e. The molecule has 1 saturated heterocycles. The molecule has 1 aromatic carbocycles. The van der Waals surface area contributed by atoms with E-state index < -0.39 is 9.84 Å². The van der Waals surface area contributed by atoms with Crippen molar-refractivity contribution in [1.29, 1.82) is 0 Å². The first-order valence-electron chi connectivity index (χ1n) is 8.28. The quantitative estimate of drug-likeness (QED) is 0.675. The highest BCUT2D eigenvalue weighted by Gasteiger charge is 2.50. The Morgan fingerprint density at radius 1 is 1.12 bits per heavy atom. The van der Waals surface area contributed by atoms with Gasteiger partial charge in [-0.2, -0.15) is 11.3 Å². The summed E-state index contributed by atoms with van der Waals surface area (Å²) in [6, 6.07) is 12.1. The fourth-order valence-electron chi connectivity index (χ4n) is 4.09. The third-order valence-electron chi connectivity index (χ3n) is 5.25. The minimum atomic E-state index is -3.22. The van der Waals surface area contributed by atoms with Crippen LogP contribution in [0.2, 0.25) is 0 Å². The van der Waals surface area contributed by atoms with Crippen molar-refractivity contribution in [2.75, 3.05) is 13.1 Å². The lowest BCUT2D eigenvalue weighted by Crippen LogP contribution is -2.25. The van der Waals surface area contributed by atoms with Crippen LogP contribution < -0.4 is 0 Å². The molecule has 2 aliphatic heterocycles. The number of sulfone groups is 1. The highest BCUT2D eigenvalue weighted by Crippen LogP contribution is 2.46. The van der Waals surface area contributed by atoms with E-state index in [0.717, 1.165) is 24.2 Å². The minimum absolute atomic E-state index is 0.0959. The average molecular weight is 388 g/mol. The summed E-state index contributed by atoms with van der Waals surface area (Å²) >= 11 is 3.38. The summed E-state index contributed by atoms with van der Waals surface area (Å²) in [5.74, 6) is 0.0959. The van der Waals surface area contributed by atoms with Gasteiger partial charge in [0.15, 0.2) is 9.84 Å². The van der Waals surface area contributed by atoms with Crippen LogP contribution in [0, 0.1) is 0 Å². The molecular weight excluding hydrogens is 370 g/mol. The standard InChI is InChI=1S/C19H17NO2S3/c21-25(22)18-4-3-14(17-2-1-6-24-17)8-15(18)16-10-20(11-19(16)25)9-13-5-7-23-12-13/h1-8,12,16,19H,9-11H2/t16-,19-/m1/s1. The summed E-state index contributed by atoms with van der Waals surface area (Å²) in [5.41, 5.74) is 3.42. The molecule has 128 valence electrons. The molecule has 25 heavy (non-hydrogen) atoms. The molecule has 6 heteroatoms. The average Bonchev–Trinajstić information content (AvgIpc) is 3.37. The van der Waals surface area contributed by atoms with Gasteiger partial charge in [-0.05, 0) is 57.1 Å². The highest BCUT2D eigenvalue weighted by atomic mass is 32.2. The molecule has 0 aliphatic carbocycles. The van der Waals surface area contributed by atoms with Gasteiger partial charge in [0.1, 0.15) is 0 Å². The van der Waals surface area contributed by atoms with E-state index in [2.05, 4.69) is 39.2 Å².